The highest BCUT2D eigenvalue weighted by Crippen LogP contribution is 2.48. The summed E-state index contributed by atoms with van der Waals surface area (Å²) >= 11 is 6.04. The maximum atomic E-state index is 13.1. The van der Waals surface area contributed by atoms with Crippen molar-refractivity contribution in [1.29, 1.82) is 0 Å². The van der Waals surface area contributed by atoms with Gasteiger partial charge in [0.25, 0.3) is 5.91 Å². The predicted molar refractivity (Wildman–Crippen MR) is 209 cm³/mol. The molecule has 3 amide bonds. The molecule has 5 N–H and O–H groups in total. The Hall–Kier alpha value is -6.76. The number of esters is 1. The van der Waals surface area contributed by atoms with Crippen molar-refractivity contribution < 1.29 is 41.8 Å². The Balaban J connectivity index is 1.03. The lowest BCUT2D eigenvalue weighted by molar-refractivity contribution is -0.154. The maximum absolute atomic E-state index is 13.1. The van der Waals surface area contributed by atoms with E-state index < -0.39 is 54.1 Å². The van der Waals surface area contributed by atoms with E-state index in [2.05, 4.69) is 46.5 Å². The van der Waals surface area contributed by atoms with Gasteiger partial charge in [0.1, 0.15) is 11.9 Å². The van der Waals surface area contributed by atoms with Crippen LogP contribution in [0.25, 0.3) is 0 Å². The van der Waals surface area contributed by atoms with Crippen molar-refractivity contribution in [3.8, 4) is 6.01 Å². The molecule has 1 aliphatic carbocycles. The second-order valence-electron chi connectivity index (χ2n) is 13.4. The Morgan fingerprint density at radius 2 is 1.58 bits per heavy atom. The van der Waals surface area contributed by atoms with Crippen LogP contribution >= 0.6 is 11.6 Å². The third-order valence-electron chi connectivity index (χ3n) is 9.09. The fourth-order valence-electron chi connectivity index (χ4n) is 5.80. The van der Waals surface area contributed by atoms with E-state index in [9.17, 15) is 32.3 Å². The molecule has 0 aliphatic heterocycles. The number of carbonyl (C=O) groups is 4. The summed E-state index contributed by atoms with van der Waals surface area (Å²) in [6.07, 6.45) is 0.228. The van der Waals surface area contributed by atoms with Crippen molar-refractivity contribution in [3.63, 3.8) is 0 Å². The van der Waals surface area contributed by atoms with E-state index in [-0.39, 0.29) is 30.4 Å². The molecule has 6 rings (SSSR count). The molecule has 2 aromatic heterocycles. The van der Waals surface area contributed by atoms with Gasteiger partial charge in [0.15, 0.2) is 6.61 Å². The first-order valence-electron chi connectivity index (χ1n) is 18.1. The summed E-state index contributed by atoms with van der Waals surface area (Å²) in [6, 6.07) is 18.1. The van der Waals surface area contributed by atoms with Gasteiger partial charge in [0, 0.05) is 47.4 Å². The number of benzene rings is 3. The number of hydrogen-bond donors (Lipinski definition) is 5. The second kappa shape index (κ2) is 18.2. The Kier molecular flexibility index (Phi) is 12.9. The molecular weight excluding hydrogens is 797 g/mol. The SMILES string of the molecule is COC(=O)[C@H](CCNC(=O)C(=O)Nc1ccc(Cn2ccnc2C)cc1)NC(=O)c1ccc(Nc2nc(NC3(c4ccc(Cl)cc4)CC3)nc(OCC(F)(F)F)n2)cc1. The summed E-state index contributed by atoms with van der Waals surface area (Å²) in [7, 11) is 1.14. The molecule has 0 radical (unpaired) electrons. The zero-order valence-corrected chi connectivity index (χ0v) is 32.4. The number of ether oxygens (including phenoxy) is 2. The molecule has 20 heteroatoms. The number of rotatable bonds is 16. The molecule has 3 aromatic carbocycles. The Labute approximate surface area is 340 Å². The lowest BCUT2D eigenvalue weighted by Crippen LogP contribution is -2.44. The smallest absolute Gasteiger partial charge is 0.422 e. The highest BCUT2D eigenvalue weighted by Gasteiger charge is 2.45. The highest BCUT2D eigenvalue weighted by molar-refractivity contribution is 6.39. The van der Waals surface area contributed by atoms with Crippen LogP contribution in [-0.2, 0) is 31.2 Å². The zero-order chi connectivity index (χ0) is 42.2. The summed E-state index contributed by atoms with van der Waals surface area (Å²) in [5, 5.41) is 14.1. The number of aromatic nitrogens is 5. The number of halogens is 4. The van der Waals surface area contributed by atoms with Crippen LogP contribution in [0.3, 0.4) is 0 Å². The molecular formula is C39H38ClF3N10O6. The third kappa shape index (κ3) is 11.7. The van der Waals surface area contributed by atoms with E-state index in [4.69, 9.17) is 21.1 Å². The first-order valence-corrected chi connectivity index (χ1v) is 18.5. The third-order valence-corrected chi connectivity index (χ3v) is 9.34. The Morgan fingerprint density at radius 3 is 2.20 bits per heavy atom. The van der Waals surface area contributed by atoms with Gasteiger partial charge in [0.05, 0.1) is 12.6 Å². The van der Waals surface area contributed by atoms with E-state index in [0.717, 1.165) is 24.1 Å². The Bertz CT molecular complexity index is 2290. The number of imidazole rings is 1. The molecule has 0 saturated heterocycles. The summed E-state index contributed by atoms with van der Waals surface area (Å²) < 4.78 is 50.6. The molecule has 0 unspecified atom stereocenters. The molecule has 1 aliphatic rings. The van der Waals surface area contributed by atoms with Gasteiger partial charge < -0.3 is 40.6 Å². The lowest BCUT2D eigenvalue weighted by Gasteiger charge is -2.19. The van der Waals surface area contributed by atoms with Crippen LogP contribution < -0.4 is 31.3 Å². The van der Waals surface area contributed by atoms with Crippen molar-refractivity contribution in [2.24, 2.45) is 0 Å². The van der Waals surface area contributed by atoms with Crippen LogP contribution in [-0.4, -0.2) is 80.7 Å². The van der Waals surface area contributed by atoms with Crippen molar-refractivity contribution in [2.45, 2.75) is 50.5 Å². The quantitative estimate of drug-likeness (QED) is 0.0637. The predicted octanol–water partition coefficient (Wildman–Crippen LogP) is 5.28. The van der Waals surface area contributed by atoms with E-state index in [1.165, 1.54) is 24.3 Å². The Morgan fingerprint density at radius 1 is 0.898 bits per heavy atom. The van der Waals surface area contributed by atoms with Crippen LogP contribution in [0.1, 0.15) is 46.6 Å². The van der Waals surface area contributed by atoms with Crippen LogP contribution in [0.15, 0.2) is 85.2 Å². The normalized spacial score (nSPS) is 13.4. The summed E-state index contributed by atoms with van der Waals surface area (Å²) in [5.41, 5.74) is 2.18. The standard InChI is InChI=1S/C39H38ClF3N10O6/c1-23-44-19-20-53(23)21-24-3-11-28(12-4-24)46-33(56)32(55)45-18-15-30(34(57)58-2)48-31(54)25-5-13-29(14-6-25)47-35-49-36(51-37(50-35)59-22-39(41,42)43)52-38(16-17-38)26-7-9-27(40)10-8-26/h3-14,19-20,30H,15-18,21-22H2,1-2H3,(H,45,55)(H,46,56)(H,48,54)(H2,47,49,50,51,52)/t30-/m0/s1. The summed E-state index contributed by atoms with van der Waals surface area (Å²) in [6.45, 7) is 0.697. The van der Waals surface area contributed by atoms with Gasteiger partial charge in [-0.1, -0.05) is 35.9 Å². The van der Waals surface area contributed by atoms with Gasteiger partial charge in [-0.15, -0.1) is 0 Å². The largest absolute Gasteiger partial charge is 0.467 e. The van der Waals surface area contributed by atoms with Crippen molar-refractivity contribution in [2.75, 3.05) is 36.2 Å². The minimum Gasteiger partial charge on any atom is -0.467 e. The number of alkyl halides is 3. The van der Waals surface area contributed by atoms with Crippen LogP contribution in [0.2, 0.25) is 5.02 Å². The first kappa shape index (κ1) is 41.9. The number of hydrogen-bond acceptors (Lipinski definition) is 12. The van der Waals surface area contributed by atoms with Crippen molar-refractivity contribution >= 4 is 58.6 Å². The van der Waals surface area contributed by atoms with E-state index >= 15 is 0 Å². The van der Waals surface area contributed by atoms with Gasteiger partial charge in [0.2, 0.25) is 11.9 Å². The maximum Gasteiger partial charge on any atom is 0.422 e. The van der Waals surface area contributed by atoms with E-state index in [1.807, 2.05) is 42.0 Å². The van der Waals surface area contributed by atoms with Gasteiger partial charge in [-0.3, -0.25) is 14.4 Å². The van der Waals surface area contributed by atoms with Crippen molar-refractivity contribution in [1.82, 2.24) is 35.1 Å². The van der Waals surface area contributed by atoms with Gasteiger partial charge in [-0.2, -0.15) is 28.1 Å². The first-order chi connectivity index (χ1) is 28.2. The molecule has 16 nitrogen and oxygen atoms in total. The van der Waals surface area contributed by atoms with Crippen LogP contribution in [0, 0.1) is 6.92 Å². The second-order valence-corrected chi connectivity index (χ2v) is 13.9. The average Bonchev–Trinajstić information content (AvgIpc) is 3.88. The zero-order valence-electron chi connectivity index (χ0n) is 31.6. The minimum atomic E-state index is -4.64. The van der Waals surface area contributed by atoms with Crippen molar-refractivity contribution in [3.05, 3.63) is 113 Å². The fraction of sp³-hybridized carbons (Fsp3) is 0.282. The number of nitrogens with one attached hydrogen (secondary N) is 5. The lowest BCUT2D eigenvalue weighted by atomic mass is 10.1. The molecule has 1 atom stereocenters. The van der Waals surface area contributed by atoms with Crippen LogP contribution in [0.4, 0.5) is 36.4 Å². The fourth-order valence-corrected chi connectivity index (χ4v) is 5.93. The number of carbonyl (C=O) groups excluding carboxylic acids is 4. The molecule has 1 saturated carbocycles. The summed E-state index contributed by atoms with van der Waals surface area (Å²) in [4.78, 5) is 67.3. The van der Waals surface area contributed by atoms with Gasteiger partial charge >= 0.3 is 30.0 Å². The monoisotopic (exact) mass is 834 g/mol. The molecule has 0 spiro atoms. The molecule has 1 fully saturated rings. The average molecular weight is 835 g/mol. The number of amides is 3. The van der Waals surface area contributed by atoms with E-state index in [1.54, 1.807) is 30.5 Å². The topological polar surface area (TPSA) is 203 Å². The number of methoxy groups -OCH3 is 1. The molecule has 59 heavy (non-hydrogen) atoms. The minimum absolute atomic E-state index is 0.0311. The van der Waals surface area contributed by atoms with Crippen LogP contribution in [0.5, 0.6) is 6.01 Å². The van der Waals surface area contributed by atoms with Gasteiger partial charge in [-0.05, 0) is 85.8 Å². The molecule has 2 heterocycles. The number of aryl methyl sites for hydroxylation is 1. The number of anilines is 4. The highest BCUT2D eigenvalue weighted by atomic mass is 35.5. The van der Waals surface area contributed by atoms with Gasteiger partial charge in [-0.25, -0.2) is 9.78 Å². The molecule has 308 valence electrons. The van der Waals surface area contributed by atoms with E-state index in [0.29, 0.717) is 35.8 Å². The number of nitrogens with zero attached hydrogens (tertiary/aromatic N) is 5. The summed E-state index contributed by atoms with van der Waals surface area (Å²) in [5.74, 6) is -2.63. The molecule has 5 aromatic rings. The molecule has 0 bridgehead atoms.